The smallest absolute Gasteiger partial charge is 0.141 e. The molecule has 0 spiro atoms. The van der Waals surface area contributed by atoms with Gasteiger partial charge in [-0.2, -0.15) is 0 Å². The number of β-amino-alcohol motifs (C(OH)–C–C–N with tert-alkyl or cyclic N) is 1. The summed E-state index contributed by atoms with van der Waals surface area (Å²) in [7, 11) is 0. The molecule has 2 heterocycles. The van der Waals surface area contributed by atoms with Gasteiger partial charge in [0.05, 0.1) is 12.3 Å². The predicted molar refractivity (Wildman–Crippen MR) is 50.2 cm³/mol. The molecule has 14 heavy (non-hydrogen) atoms. The Bertz CT molecular complexity index is 315. The van der Waals surface area contributed by atoms with Gasteiger partial charge in [-0.05, 0) is 25.6 Å². The molecule has 1 aromatic heterocycles. The molecule has 0 radical (unpaired) electrons. The number of aliphatic hydroxyl groups is 1. The molecule has 0 amide bonds. The van der Waals surface area contributed by atoms with Crippen LogP contribution in [0.3, 0.4) is 0 Å². The van der Waals surface area contributed by atoms with E-state index in [9.17, 15) is 9.50 Å². The van der Waals surface area contributed by atoms with Gasteiger partial charge in [0.1, 0.15) is 5.82 Å². The first-order chi connectivity index (χ1) is 6.75. The SMILES string of the molecule is OC(CN1CCC1)c1cncc(F)c1. The second-order valence-corrected chi connectivity index (χ2v) is 3.61. The topological polar surface area (TPSA) is 36.4 Å². The quantitative estimate of drug-likeness (QED) is 0.782. The number of aliphatic hydroxyl groups excluding tert-OH is 1. The first-order valence-electron chi connectivity index (χ1n) is 4.76. The number of likely N-dealkylation sites (tertiary alicyclic amines) is 1. The van der Waals surface area contributed by atoms with Crippen LogP contribution in [-0.2, 0) is 0 Å². The van der Waals surface area contributed by atoms with Gasteiger partial charge in [-0.1, -0.05) is 0 Å². The van der Waals surface area contributed by atoms with Crippen LogP contribution < -0.4 is 0 Å². The summed E-state index contributed by atoms with van der Waals surface area (Å²) < 4.78 is 12.8. The predicted octanol–water partition coefficient (Wildman–Crippen LogP) is 0.960. The third kappa shape index (κ3) is 2.08. The molecule has 0 saturated carbocycles. The second kappa shape index (κ2) is 4.02. The molecule has 1 aliphatic heterocycles. The van der Waals surface area contributed by atoms with E-state index in [-0.39, 0.29) is 0 Å². The molecule has 1 aliphatic rings. The van der Waals surface area contributed by atoms with E-state index < -0.39 is 11.9 Å². The van der Waals surface area contributed by atoms with Crippen LogP contribution in [0.1, 0.15) is 18.1 Å². The summed E-state index contributed by atoms with van der Waals surface area (Å²) in [4.78, 5) is 5.84. The van der Waals surface area contributed by atoms with E-state index in [0.29, 0.717) is 12.1 Å². The average molecular weight is 196 g/mol. The highest BCUT2D eigenvalue weighted by Crippen LogP contribution is 2.17. The number of hydrogen-bond donors (Lipinski definition) is 1. The van der Waals surface area contributed by atoms with Gasteiger partial charge < -0.3 is 10.0 Å². The fraction of sp³-hybridized carbons (Fsp3) is 0.500. The molecule has 4 heteroatoms. The van der Waals surface area contributed by atoms with E-state index in [1.54, 1.807) is 0 Å². The zero-order valence-electron chi connectivity index (χ0n) is 7.86. The Morgan fingerprint density at radius 1 is 1.50 bits per heavy atom. The number of pyridine rings is 1. The van der Waals surface area contributed by atoms with Crippen molar-refractivity contribution < 1.29 is 9.50 Å². The molecule has 3 nitrogen and oxygen atoms in total. The Morgan fingerprint density at radius 2 is 2.29 bits per heavy atom. The maximum absolute atomic E-state index is 12.8. The van der Waals surface area contributed by atoms with Crippen molar-refractivity contribution in [2.75, 3.05) is 19.6 Å². The van der Waals surface area contributed by atoms with Crippen LogP contribution in [0, 0.1) is 5.82 Å². The summed E-state index contributed by atoms with van der Waals surface area (Å²) >= 11 is 0. The van der Waals surface area contributed by atoms with Crippen molar-refractivity contribution in [1.82, 2.24) is 9.88 Å². The van der Waals surface area contributed by atoms with Crippen LogP contribution in [0.15, 0.2) is 18.5 Å². The van der Waals surface area contributed by atoms with E-state index in [4.69, 9.17) is 0 Å². The van der Waals surface area contributed by atoms with E-state index in [1.807, 2.05) is 0 Å². The van der Waals surface area contributed by atoms with Gasteiger partial charge in [-0.15, -0.1) is 0 Å². The zero-order chi connectivity index (χ0) is 9.97. The number of aromatic nitrogens is 1. The molecule has 1 saturated heterocycles. The van der Waals surface area contributed by atoms with Crippen molar-refractivity contribution in [3.05, 3.63) is 29.8 Å². The lowest BCUT2D eigenvalue weighted by atomic mass is 10.1. The van der Waals surface area contributed by atoms with Crippen molar-refractivity contribution in [2.24, 2.45) is 0 Å². The van der Waals surface area contributed by atoms with Crippen LogP contribution in [0.5, 0.6) is 0 Å². The fourth-order valence-electron chi connectivity index (χ4n) is 1.52. The highest BCUT2D eigenvalue weighted by Gasteiger charge is 2.18. The molecule has 0 aromatic carbocycles. The molecule has 2 rings (SSSR count). The van der Waals surface area contributed by atoms with Gasteiger partial charge in [0.15, 0.2) is 0 Å². The van der Waals surface area contributed by atoms with Crippen molar-refractivity contribution in [3.8, 4) is 0 Å². The van der Waals surface area contributed by atoms with E-state index >= 15 is 0 Å². The highest BCUT2D eigenvalue weighted by atomic mass is 19.1. The third-order valence-corrected chi connectivity index (χ3v) is 2.49. The number of halogens is 1. The van der Waals surface area contributed by atoms with Crippen molar-refractivity contribution in [3.63, 3.8) is 0 Å². The third-order valence-electron chi connectivity index (χ3n) is 2.49. The lowest BCUT2D eigenvalue weighted by Gasteiger charge is -2.32. The molecule has 1 fully saturated rings. The summed E-state index contributed by atoms with van der Waals surface area (Å²) in [5, 5.41) is 9.73. The molecular formula is C10H13FN2O. The van der Waals surface area contributed by atoms with Crippen molar-refractivity contribution >= 4 is 0 Å². The Hall–Kier alpha value is -1.00. The minimum absolute atomic E-state index is 0.398. The maximum Gasteiger partial charge on any atom is 0.141 e. The summed E-state index contributed by atoms with van der Waals surface area (Å²) in [6.07, 6.45) is 3.21. The molecule has 1 atom stereocenters. The second-order valence-electron chi connectivity index (χ2n) is 3.61. The van der Waals surface area contributed by atoms with Gasteiger partial charge in [0.2, 0.25) is 0 Å². The molecule has 0 aliphatic carbocycles. The lowest BCUT2D eigenvalue weighted by molar-refractivity contribution is 0.0784. The zero-order valence-corrected chi connectivity index (χ0v) is 7.86. The molecule has 1 unspecified atom stereocenters. The number of nitrogens with zero attached hydrogens (tertiary/aromatic N) is 2. The Labute approximate surface area is 82.2 Å². The minimum atomic E-state index is -0.626. The van der Waals surface area contributed by atoms with Crippen LogP contribution in [0.25, 0.3) is 0 Å². The van der Waals surface area contributed by atoms with E-state index in [0.717, 1.165) is 19.3 Å². The Balaban J connectivity index is 1.98. The van der Waals surface area contributed by atoms with Crippen molar-refractivity contribution in [1.29, 1.82) is 0 Å². The number of rotatable bonds is 3. The molecular weight excluding hydrogens is 183 g/mol. The summed E-state index contributed by atoms with van der Waals surface area (Å²) in [5.41, 5.74) is 0.553. The largest absolute Gasteiger partial charge is 0.387 e. The van der Waals surface area contributed by atoms with Crippen LogP contribution in [0.4, 0.5) is 4.39 Å². The van der Waals surface area contributed by atoms with Crippen LogP contribution in [0.2, 0.25) is 0 Å². The van der Waals surface area contributed by atoms with E-state index in [1.165, 1.54) is 18.7 Å². The fourth-order valence-corrected chi connectivity index (χ4v) is 1.52. The molecule has 0 bridgehead atoms. The van der Waals surface area contributed by atoms with Gasteiger partial charge in [0.25, 0.3) is 0 Å². The van der Waals surface area contributed by atoms with Gasteiger partial charge in [-0.25, -0.2) is 4.39 Å². The number of hydrogen-bond acceptors (Lipinski definition) is 3. The summed E-state index contributed by atoms with van der Waals surface area (Å²) in [6.45, 7) is 2.63. The summed E-state index contributed by atoms with van der Waals surface area (Å²) in [5.74, 6) is -0.398. The summed E-state index contributed by atoms with van der Waals surface area (Å²) in [6, 6.07) is 1.33. The molecule has 1 aromatic rings. The van der Waals surface area contributed by atoms with Gasteiger partial charge >= 0.3 is 0 Å². The Kier molecular flexibility index (Phi) is 2.74. The van der Waals surface area contributed by atoms with Crippen LogP contribution in [-0.4, -0.2) is 34.6 Å². The first-order valence-corrected chi connectivity index (χ1v) is 4.76. The van der Waals surface area contributed by atoms with Crippen LogP contribution >= 0.6 is 0 Å². The monoisotopic (exact) mass is 196 g/mol. The van der Waals surface area contributed by atoms with E-state index in [2.05, 4.69) is 9.88 Å². The average Bonchev–Trinajstić information content (AvgIpc) is 2.11. The van der Waals surface area contributed by atoms with Crippen molar-refractivity contribution in [2.45, 2.75) is 12.5 Å². The molecule has 76 valence electrons. The van der Waals surface area contributed by atoms with Gasteiger partial charge in [-0.3, -0.25) is 4.98 Å². The lowest BCUT2D eigenvalue weighted by Crippen LogP contribution is -2.39. The molecule has 1 N–H and O–H groups in total. The Morgan fingerprint density at radius 3 is 2.86 bits per heavy atom. The minimum Gasteiger partial charge on any atom is -0.387 e. The first kappa shape index (κ1) is 9.55. The normalized spacial score (nSPS) is 19.0. The highest BCUT2D eigenvalue weighted by molar-refractivity contribution is 5.13. The maximum atomic E-state index is 12.8. The standard InChI is InChI=1S/C10H13FN2O/c11-9-4-8(5-12-6-9)10(14)7-13-2-1-3-13/h4-6,10,14H,1-3,7H2. The van der Waals surface area contributed by atoms with Gasteiger partial charge in [0, 0.05) is 18.3 Å².